The molecular weight excluding hydrogens is 528 g/mol. The molecule has 0 aromatic heterocycles. The van der Waals surface area contributed by atoms with Gasteiger partial charge >= 0.3 is 0 Å². The Morgan fingerprint density at radius 2 is 1.55 bits per heavy atom. The summed E-state index contributed by atoms with van der Waals surface area (Å²) in [6.07, 6.45) is 3.92. The third kappa shape index (κ3) is 7.59. The number of aliphatic hydroxyl groups excluding tert-OH is 1. The van der Waals surface area contributed by atoms with Crippen molar-refractivity contribution >= 4 is 17.4 Å². The predicted molar refractivity (Wildman–Crippen MR) is 166 cm³/mol. The molecule has 0 spiro atoms. The number of ketones is 1. The molecule has 1 amide bonds. The second kappa shape index (κ2) is 14.7. The lowest BCUT2D eigenvalue weighted by molar-refractivity contribution is -0.139. The molecule has 1 fully saturated rings. The van der Waals surface area contributed by atoms with E-state index in [9.17, 15) is 14.7 Å². The molecule has 1 atom stereocenters. The van der Waals surface area contributed by atoms with E-state index in [1.807, 2.05) is 74.4 Å². The fourth-order valence-corrected chi connectivity index (χ4v) is 5.10. The van der Waals surface area contributed by atoms with Crippen LogP contribution in [0.3, 0.4) is 0 Å². The van der Waals surface area contributed by atoms with E-state index in [-0.39, 0.29) is 11.3 Å². The Balaban J connectivity index is 1.60. The topological polar surface area (TPSA) is 79.3 Å². The molecule has 7 heteroatoms. The standard InChI is InChI=1S/C35H42N2O5/c1-5-6-9-23-41-29-17-13-26(14-18-29)32-31(34(39)35(40)37(32)22-10-21-36(3)4)33(38)27-15-19-30(20-16-27)42-24-28-12-8-7-11-25(28)2/h7-8,11-20,32,38H,5-6,9-10,21-24H2,1-4H3/b33-31+. The Morgan fingerprint density at radius 3 is 2.21 bits per heavy atom. The smallest absolute Gasteiger partial charge is 0.295 e. The monoisotopic (exact) mass is 570 g/mol. The Kier molecular flexibility index (Phi) is 10.8. The lowest BCUT2D eigenvalue weighted by Crippen LogP contribution is -2.32. The Hall–Kier alpha value is -4.10. The van der Waals surface area contributed by atoms with Gasteiger partial charge in [-0.3, -0.25) is 9.59 Å². The highest BCUT2D eigenvalue weighted by molar-refractivity contribution is 6.46. The van der Waals surface area contributed by atoms with E-state index in [4.69, 9.17) is 9.47 Å². The summed E-state index contributed by atoms with van der Waals surface area (Å²) in [7, 11) is 3.94. The number of hydrogen-bond donors (Lipinski definition) is 1. The summed E-state index contributed by atoms with van der Waals surface area (Å²) in [6.45, 7) is 6.42. The zero-order valence-electron chi connectivity index (χ0n) is 25.1. The molecule has 1 aliphatic heterocycles. The minimum absolute atomic E-state index is 0.0926. The summed E-state index contributed by atoms with van der Waals surface area (Å²) in [5, 5.41) is 11.4. The number of likely N-dealkylation sites (tertiary alicyclic amines) is 1. The van der Waals surface area contributed by atoms with E-state index in [0.29, 0.717) is 37.5 Å². The van der Waals surface area contributed by atoms with E-state index in [0.717, 1.165) is 48.2 Å². The van der Waals surface area contributed by atoms with Crippen LogP contribution in [0.2, 0.25) is 0 Å². The molecule has 0 bridgehead atoms. The molecule has 3 aromatic rings. The number of amides is 1. The molecule has 0 aliphatic carbocycles. The molecule has 1 heterocycles. The van der Waals surface area contributed by atoms with Gasteiger partial charge in [-0.2, -0.15) is 0 Å². The average molecular weight is 571 g/mol. The highest BCUT2D eigenvalue weighted by Crippen LogP contribution is 2.40. The first kappa shape index (κ1) is 30.8. The second-order valence-corrected chi connectivity index (χ2v) is 11.0. The van der Waals surface area contributed by atoms with Crippen LogP contribution in [0.5, 0.6) is 11.5 Å². The third-order valence-electron chi connectivity index (χ3n) is 7.54. The summed E-state index contributed by atoms with van der Waals surface area (Å²) in [6, 6.07) is 21.8. The van der Waals surface area contributed by atoms with Gasteiger partial charge in [0.1, 0.15) is 23.9 Å². The van der Waals surface area contributed by atoms with Crippen LogP contribution in [0.25, 0.3) is 5.76 Å². The zero-order chi connectivity index (χ0) is 30.1. The predicted octanol–water partition coefficient (Wildman–Crippen LogP) is 6.52. The Bertz CT molecular complexity index is 1380. The van der Waals surface area contributed by atoms with Gasteiger partial charge in [-0.15, -0.1) is 0 Å². The van der Waals surface area contributed by atoms with Crippen molar-refractivity contribution < 1.29 is 24.2 Å². The minimum Gasteiger partial charge on any atom is -0.507 e. The van der Waals surface area contributed by atoms with Crippen molar-refractivity contribution in [3.05, 3.63) is 101 Å². The van der Waals surface area contributed by atoms with Gasteiger partial charge in [-0.1, -0.05) is 56.2 Å². The Morgan fingerprint density at radius 1 is 0.881 bits per heavy atom. The van der Waals surface area contributed by atoms with Crippen LogP contribution in [0.1, 0.15) is 60.9 Å². The van der Waals surface area contributed by atoms with Gasteiger partial charge < -0.3 is 24.4 Å². The molecule has 7 nitrogen and oxygen atoms in total. The van der Waals surface area contributed by atoms with Crippen LogP contribution in [-0.2, 0) is 16.2 Å². The van der Waals surface area contributed by atoms with Crippen LogP contribution < -0.4 is 9.47 Å². The maximum atomic E-state index is 13.4. The van der Waals surface area contributed by atoms with Crippen molar-refractivity contribution in [2.75, 3.05) is 33.8 Å². The number of nitrogens with zero attached hydrogens (tertiary/aromatic N) is 2. The van der Waals surface area contributed by atoms with E-state index in [1.54, 1.807) is 29.2 Å². The molecule has 1 unspecified atom stereocenters. The molecule has 0 radical (unpaired) electrons. The van der Waals surface area contributed by atoms with Gasteiger partial charge in [0, 0.05) is 12.1 Å². The van der Waals surface area contributed by atoms with E-state index < -0.39 is 17.7 Å². The van der Waals surface area contributed by atoms with Gasteiger partial charge in [0.2, 0.25) is 0 Å². The van der Waals surface area contributed by atoms with E-state index >= 15 is 0 Å². The number of benzene rings is 3. The number of unbranched alkanes of at least 4 members (excludes halogenated alkanes) is 2. The minimum atomic E-state index is -0.696. The Labute approximate surface area is 249 Å². The number of aryl methyl sites for hydroxylation is 1. The van der Waals surface area contributed by atoms with Gasteiger partial charge in [0.15, 0.2) is 0 Å². The van der Waals surface area contributed by atoms with Crippen molar-refractivity contribution in [2.45, 2.75) is 52.2 Å². The van der Waals surface area contributed by atoms with Crippen molar-refractivity contribution in [3.63, 3.8) is 0 Å². The van der Waals surface area contributed by atoms with Gasteiger partial charge in [0.05, 0.1) is 18.2 Å². The second-order valence-electron chi connectivity index (χ2n) is 11.0. The van der Waals surface area contributed by atoms with Crippen LogP contribution in [0.4, 0.5) is 0 Å². The SMILES string of the molecule is CCCCCOc1ccc(C2/C(=C(\O)c3ccc(OCc4ccccc4C)cc3)C(=O)C(=O)N2CCCN(C)C)cc1. The maximum absolute atomic E-state index is 13.4. The first-order chi connectivity index (χ1) is 20.3. The molecular formula is C35H42N2O5. The molecule has 1 aliphatic rings. The van der Waals surface area contributed by atoms with E-state index in [2.05, 4.69) is 6.92 Å². The summed E-state index contributed by atoms with van der Waals surface area (Å²) < 4.78 is 11.8. The molecule has 3 aromatic carbocycles. The highest BCUT2D eigenvalue weighted by atomic mass is 16.5. The molecule has 1 N–H and O–H groups in total. The van der Waals surface area contributed by atoms with Crippen LogP contribution in [-0.4, -0.2) is 60.4 Å². The lowest BCUT2D eigenvalue weighted by atomic mass is 9.95. The summed E-state index contributed by atoms with van der Waals surface area (Å²) >= 11 is 0. The number of carbonyl (C=O) groups is 2. The van der Waals surface area contributed by atoms with Gasteiger partial charge in [-0.25, -0.2) is 0 Å². The molecule has 4 rings (SSSR count). The molecule has 42 heavy (non-hydrogen) atoms. The van der Waals surface area contributed by atoms with Crippen molar-refractivity contribution in [2.24, 2.45) is 0 Å². The average Bonchev–Trinajstić information content (AvgIpc) is 3.24. The largest absolute Gasteiger partial charge is 0.507 e. The molecule has 1 saturated heterocycles. The number of hydrogen-bond acceptors (Lipinski definition) is 6. The number of Topliss-reactive ketones (excluding diaryl/α,β-unsaturated/α-hetero) is 1. The van der Waals surface area contributed by atoms with Crippen LogP contribution in [0.15, 0.2) is 78.4 Å². The summed E-state index contributed by atoms with van der Waals surface area (Å²) in [4.78, 5) is 30.2. The number of carbonyl (C=O) groups excluding carboxylic acids is 2. The third-order valence-corrected chi connectivity index (χ3v) is 7.54. The first-order valence-electron chi connectivity index (χ1n) is 14.7. The van der Waals surface area contributed by atoms with Crippen molar-refractivity contribution in [1.82, 2.24) is 9.80 Å². The van der Waals surface area contributed by atoms with Crippen molar-refractivity contribution in [1.29, 1.82) is 0 Å². The first-order valence-corrected chi connectivity index (χ1v) is 14.7. The van der Waals surface area contributed by atoms with Crippen molar-refractivity contribution in [3.8, 4) is 11.5 Å². The number of aliphatic hydroxyl groups is 1. The quantitative estimate of drug-likeness (QED) is 0.103. The fraction of sp³-hybridized carbons (Fsp3) is 0.371. The van der Waals surface area contributed by atoms with Crippen LogP contribution >= 0.6 is 0 Å². The molecule has 0 saturated carbocycles. The lowest BCUT2D eigenvalue weighted by Gasteiger charge is -2.26. The normalized spacial score (nSPS) is 16.3. The molecule has 222 valence electrons. The summed E-state index contributed by atoms with van der Waals surface area (Å²) in [5.41, 5.74) is 3.54. The maximum Gasteiger partial charge on any atom is 0.295 e. The zero-order valence-corrected chi connectivity index (χ0v) is 25.1. The number of rotatable bonds is 14. The fourth-order valence-electron chi connectivity index (χ4n) is 5.10. The number of ether oxygens (including phenoxy) is 2. The highest BCUT2D eigenvalue weighted by Gasteiger charge is 2.45. The van der Waals surface area contributed by atoms with Gasteiger partial charge in [0.25, 0.3) is 11.7 Å². The van der Waals surface area contributed by atoms with E-state index in [1.165, 1.54) is 0 Å². The summed E-state index contributed by atoms with van der Waals surface area (Å²) in [5.74, 6) is -0.0926. The van der Waals surface area contributed by atoms with Gasteiger partial charge in [-0.05, 0) is 93.5 Å². The van der Waals surface area contributed by atoms with Crippen LogP contribution in [0, 0.1) is 6.92 Å².